The largest absolute Gasteiger partial charge is 0.396 e. The standard InChI is InChI=1S/C10H21NO/c1-10(2)8-11(3)6-4-9(10)5-7-12/h9,12H,4-8H2,1-3H3. The Labute approximate surface area is 75.6 Å². The van der Waals surface area contributed by atoms with Gasteiger partial charge in [-0.3, -0.25) is 0 Å². The van der Waals surface area contributed by atoms with Crippen LogP contribution in [0.25, 0.3) is 0 Å². The number of aliphatic hydroxyl groups is 1. The van der Waals surface area contributed by atoms with Crippen LogP contribution in [0.3, 0.4) is 0 Å². The SMILES string of the molecule is CN1CCC(CCO)C(C)(C)C1. The summed E-state index contributed by atoms with van der Waals surface area (Å²) < 4.78 is 0. The quantitative estimate of drug-likeness (QED) is 0.678. The van der Waals surface area contributed by atoms with Gasteiger partial charge in [0.25, 0.3) is 0 Å². The zero-order chi connectivity index (χ0) is 9.19. The number of hydrogen-bond donors (Lipinski definition) is 1. The fraction of sp³-hybridized carbons (Fsp3) is 1.00. The van der Waals surface area contributed by atoms with Crippen LogP contribution in [-0.2, 0) is 0 Å². The molecule has 0 aliphatic carbocycles. The molecule has 1 rings (SSSR count). The molecule has 1 heterocycles. The summed E-state index contributed by atoms with van der Waals surface area (Å²) in [7, 11) is 2.18. The van der Waals surface area contributed by atoms with Crippen LogP contribution in [0.2, 0.25) is 0 Å². The van der Waals surface area contributed by atoms with E-state index >= 15 is 0 Å². The molecule has 0 aromatic heterocycles. The first-order valence-corrected chi connectivity index (χ1v) is 4.85. The Bertz CT molecular complexity index is 145. The number of hydrogen-bond acceptors (Lipinski definition) is 2. The molecule has 0 bridgehead atoms. The average molecular weight is 171 g/mol. The van der Waals surface area contributed by atoms with E-state index in [1.807, 2.05) is 0 Å². The molecule has 1 fully saturated rings. The van der Waals surface area contributed by atoms with Crippen LogP contribution in [0, 0.1) is 11.3 Å². The Balaban J connectivity index is 2.51. The molecule has 1 saturated heterocycles. The van der Waals surface area contributed by atoms with Gasteiger partial charge in [-0.1, -0.05) is 13.8 Å². The minimum Gasteiger partial charge on any atom is -0.396 e. The molecule has 1 atom stereocenters. The van der Waals surface area contributed by atoms with E-state index in [9.17, 15) is 0 Å². The molecular weight excluding hydrogens is 150 g/mol. The van der Waals surface area contributed by atoms with Crippen LogP contribution in [0.15, 0.2) is 0 Å². The maximum Gasteiger partial charge on any atom is 0.0433 e. The number of piperidine rings is 1. The molecule has 1 N–H and O–H groups in total. The maximum atomic E-state index is 8.90. The first kappa shape index (κ1) is 10.0. The van der Waals surface area contributed by atoms with Crippen LogP contribution >= 0.6 is 0 Å². The van der Waals surface area contributed by atoms with Crippen LogP contribution in [0.5, 0.6) is 0 Å². The van der Waals surface area contributed by atoms with Gasteiger partial charge >= 0.3 is 0 Å². The summed E-state index contributed by atoms with van der Waals surface area (Å²) in [5, 5.41) is 8.90. The van der Waals surface area contributed by atoms with E-state index in [2.05, 4.69) is 25.8 Å². The average Bonchev–Trinajstić information content (AvgIpc) is 1.94. The van der Waals surface area contributed by atoms with Crippen LogP contribution < -0.4 is 0 Å². The van der Waals surface area contributed by atoms with Gasteiger partial charge in [-0.25, -0.2) is 0 Å². The summed E-state index contributed by atoms with van der Waals surface area (Å²) in [6.45, 7) is 7.32. The number of aliphatic hydroxyl groups excluding tert-OH is 1. The predicted octanol–water partition coefficient (Wildman–Crippen LogP) is 1.35. The second-order valence-electron chi connectivity index (χ2n) is 4.72. The first-order valence-electron chi connectivity index (χ1n) is 4.85. The lowest BCUT2D eigenvalue weighted by atomic mass is 9.72. The molecule has 1 aliphatic rings. The zero-order valence-electron chi connectivity index (χ0n) is 8.51. The molecule has 0 radical (unpaired) electrons. The highest BCUT2D eigenvalue weighted by Crippen LogP contribution is 2.36. The molecule has 0 aromatic carbocycles. The van der Waals surface area contributed by atoms with E-state index in [0.717, 1.165) is 13.0 Å². The predicted molar refractivity (Wildman–Crippen MR) is 51.1 cm³/mol. The number of rotatable bonds is 2. The smallest absolute Gasteiger partial charge is 0.0433 e. The fourth-order valence-corrected chi connectivity index (χ4v) is 2.36. The zero-order valence-corrected chi connectivity index (χ0v) is 8.51. The van der Waals surface area contributed by atoms with Gasteiger partial charge in [0.05, 0.1) is 0 Å². The van der Waals surface area contributed by atoms with E-state index in [0.29, 0.717) is 17.9 Å². The lowest BCUT2D eigenvalue weighted by molar-refractivity contribution is 0.0547. The molecule has 2 heteroatoms. The second kappa shape index (κ2) is 3.75. The van der Waals surface area contributed by atoms with E-state index in [1.54, 1.807) is 0 Å². The van der Waals surface area contributed by atoms with Crippen molar-refractivity contribution >= 4 is 0 Å². The van der Waals surface area contributed by atoms with Gasteiger partial charge in [0, 0.05) is 13.2 Å². The first-order chi connectivity index (χ1) is 5.56. The van der Waals surface area contributed by atoms with Crippen molar-refractivity contribution in [2.24, 2.45) is 11.3 Å². The van der Waals surface area contributed by atoms with Crippen molar-refractivity contribution in [2.45, 2.75) is 26.7 Å². The van der Waals surface area contributed by atoms with Gasteiger partial charge in [-0.05, 0) is 37.8 Å². The summed E-state index contributed by atoms with van der Waals surface area (Å²) in [6.07, 6.45) is 2.21. The summed E-state index contributed by atoms with van der Waals surface area (Å²) in [5.41, 5.74) is 0.385. The Kier molecular flexibility index (Phi) is 3.13. The lowest BCUT2D eigenvalue weighted by Gasteiger charge is -2.43. The highest BCUT2D eigenvalue weighted by molar-refractivity contribution is 4.85. The van der Waals surface area contributed by atoms with Crippen molar-refractivity contribution < 1.29 is 5.11 Å². The van der Waals surface area contributed by atoms with Gasteiger partial charge < -0.3 is 10.0 Å². The normalized spacial score (nSPS) is 30.5. The van der Waals surface area contributed by atoms with Crippen LogP contribution in [0.1, 0.15) is 26.7 Å². The minimum atomic E-state index is 0.345. The van der Waals surface area contributed by atoms with E-state index in [-0.39, 0.29) is 0 Å². The molecule has 0 amide bonds. The van der Waals surface area contributed by atoms with Crippen molar-refractivity contribution in [3.8, 4) is 0 Å². The van der Waals surface area contributed by atoms with E-state index in [4.69, 9.17) is 5.11 Å². The van der Waals surface area contributed by atoms with Crippen LogP contribution in [-0.4, -0.2) is 36.8 Å². The van der Waals surface area contributed by atoms with Crippen molar-refractivity contribution in [3.05, 3.63) is 0 Å². The molecule has 1 unspecified atom stereocenters. The third-order valence-corrected chi connectivity index (χ3v) is 3.12. The third kappa shape index (κ3) is 2.20. The molecule has 0 aromatic rings. The molecule has 0 spiro atoms. The van der Waals surface area contributed by atoms with Crippen molar-refractivity contribution in [1.82, 2.24) is 4.90 Å². The molecular formula is C10H21NO. The van der Waals surface area contributed by atoms with Crippen molar-refractivity contribution in [1.29, 1.82) is 0 Å². The van der Waals surface area contributed by atoms with Gasteiger partial charge in [-0.15, -0.1) is 0 Å². The monoisotopic (exact) mass is 171 g/mol. The Morgan fingerprint density at radius 2 is 2.17 bits per heavy atom. The summed E-state index contributed by atoms with van der Waals surface area (Å²) >= 11 is 0. The topological polar surface area (TPSA) is 23.5 Å². The summed E-state index contributed by atoms with van der Waals surface area (Å²) in [6, 6.07) is 0. The Morgan fingerprint density at radius 1 is 1.50 bits per heavy atom. The Morgan fingerprint density at radius 3 is 2.67 bits per heavy atom. The highest BCUT2D eigenvalue weighted by atomic mass is 16.3. The van der Waals surface area contributed by atoms with Crippen LogP contribution in [0.4, 0.5) is 0 Å². The van der Waals surface area contributed by atoms with Gasteiger partial charge in [0.15, 0.2) is 0 Å². The van der Waals surface area contributed by atoms with Crippen molar-refractivity contribution in [3.63, 3.8) is 0 Å². The highest BCUT2D eigenvalue weighted by Gasteiger charge is 2.33. The number of nitrogens with zero attached hydrogens (tertiary/aromatic N) is 1. The lowest BCUT2D eigenvalue weighted by Crippen LogP contribution is -2.44. The maximum absolute atomic E-state index is 8.90. The second-order valence-corrected chi connectivity index (χ2v) is 4.72. The van der Waals surface area contributed by atoms with Gasteiger partial charge in [-0.2, -0.15) is 0 Å². The molecule has 12 heavy (non-hydrogen) atoms. The van der Waals surface area contributed by atoms with Crippen molar-refractivity contribution in [2.75, 3.05) is 26.7 Å². The fourth-order valence-electron chi connectivity index (χ4n) is 2.36. The van der Waals surface area contributed by atoms with E-state index in [1.165, 1.54) is 13.0 Å². The molecule has 2 nitrogen and oxygen atoms in total. The third-order valence-electron chi connectivity index (χ3n) is 3.12. The Hall–Kier alpha value is -0.0800. The minimum absolute atomic E-state index is 0.345. The van der Waals surface area contributed by atoms with Gasteiger partial charge in [0.1, 0.15) is 0 Å². The van der Waals surface area contributed by atoms with E-state index < -0.39 is 0 Å². The van der Waals surface area contributed by atoms with Gasteiger partial charge in [0.2, 0.25) is 0 Å². The molecule has 0 saturated carbocycles. The molecule has 72 valence electrons. The molecule has 1 aliphatic heterocycles. The summed E-state index contributed by atoms with van der Waals surface area (Å²) in [5.74, 6) is 0.707. The summed E-state index contributed by atoms with van der Waals surface area (Å²) in [4.78, 5) is 2.38. The number of likely N-dealkylation sites (tertiary alicyclic amines) is 1.